The number of carboxylic acids is 1. The predicted molar refractivity (Wildman–Crippen MR) is 36.6 cm³/mol. The van der Waals surface area contributed by atoms with E-state index < -0.39 is 12.1 Å². The van der Waals surface area contributed by atoms with Gasteiger partial charge in [-0.15, -0.1) is 0 Å². The van der Waals surface area contributed by atoms with Crippen molar-refractivity contribution in [3.8, 4) is 0 Å². The van der Waals surface area contributed by atoms with Crippen LogP contribution in [0, 0.1) is 0 Å². The molecule has 0 spiro atoms. The van der Waals surface area contributed by atoms with Crippen molar-refractivity contribution >= 4 is 12.1 Å². The second kappa shape index (κ2) is 6.41. The highest BCUT2D eigenvalue weighted by molar-refractivity contribution is 5.67. The van der Waals surface area contributed by atoms with Crippen LogP contribution in [0.4, 0.5) is 4.79 Å². The molecule has 0 saturated carbocycles. The number of methoxy groups -OCH3 is 1. The Kier molecular flexibility index (Phi) is 5.72. The first-order chi connectivity index (χ1) is 5.66. The lowest BCUT2D eigenvalue weighted by molar-refractivity contribution is -0.137. The first kappa shape index (κ1) is 10.7. The number of aliphatic carboxylic acids is 1. The van der Waals surface area contributed by atoms with E-state index in [1.165, 1.54) is 7.11 Å². The smallest absolute Gasteiger partial charge is 0.481 e. The quantitative estimate of drug-likeness (QED) is 0.479. The van der Waals surface area contributed by atoms with E-state index >= 15 is 0 Å². The number of rotatable bonds is 5. The van der Waals surface area contributed by atoms with Crippen molar-refractivity contribution in [3.63, 3.8) is 0 Å². The van der Waals surface area contributed by atoms with Crippen molar-refractivity contribution in [2.45, 2.75) is 6.42 Å². The van der Waals surface area contributed by atoms with Gasteiger partial charge in [-0.3, -0.25) is 4.79 Å². The fourth-order valence-corrected chi connectivity index (χ4v) is 0.370. The van der Waals surface area contributed by atoms with Crippen LogP contribution in [0.1, 0.15) is 6.42 Å². The van der Waals surface area contributed by atoms with E-state index in [9.17, 15) is 9.59 Å². The molecule has 12 heavy (non-hydrogen) atoms. The Balaban J connectivity index is 3.25. The van der Waals surface area contributed by atoms with Crippen molar-refractivity contribution in [3.05, 3.63) is 0 Å². The fraction of sp³-hybridized carbons (Fsp3) is 0.667. The Hall–Kier alpha value is -1.30. The van der Waals surface area contributed by atoms with E-state index in [0.717, 1.165) is 0 Å². The summed E-state index contributed by atoms with van der Waals surface area (Å²) < 4.78 is 13.0. The van der Waals surface area contributed by atoms with Crippen LogP contribution in [0.2, 0.25) is 0 Å². The monoisotopic (exact) mass is 178 g/mol. The predicted octanol–water partition coefficient (Wildman–Crippen LogP) is 0.218. The summed E-state index contributed by atoms with van der Waals surface area (Å²) in [4.78, 5) is 20.4. The highest BCUT2D eigenvalue weighted by Crippen LogP contribution is 1.88. The lowest BCUT2D eigenvalue weighted by atomic mass is 10.5. The van der Waals surface area contributed by atoms with Gasteiger partial charge in [0.05, 0.1) is 6.42 Å². The third-order valence-corrected chi connectivity index (χ3v) is 0.830. The number of hydrogen-bond acceptors (Lipinski definition) is 5. The SMILES string of the molecule is COCOC(=O)OCCC(=O)O. The van der Waals surface area contributed by atoms with Gasteiger partial charge in [-0.25, -0.2) is 4.79 Å². The van der Waals surface area contributed by atoms with Crippen LogP contribution < -0.4 is 0 Å². The normalized spacial score (nSPS) is 9.08. The number of ether oxygens (including phenoxy) is 3. The molecule has 6 nitrogen and oxygen atoms in total. The topological polar surface area (TPSA) is 82.1 Å². The lowest BCUT2D eigenvalue weighted by Gasteiger charge is -2.02. The molecule has 0 rings (SSSR count). The molecule has 6 heteroatoms. The summed E-state index contributed by atoms with van der Waals surface area (Å²) in [5, 5.41) is 8.15. The number of carbonyl (C=O) groups excluding carboxylic acids is 1. The standard InChI is InChI=1S/C6H10O6/c1-10-4-12-6(9)11-3-2-5(7)8/h2-4H2,1H3,(H,7,8). The Bertz CT molecular complexity index is 154. The molecule has 0 radical (unpaired) electrons. The third kappa shape index (κ3) is 6.81. The molecule has 0 aliphatic rings. The maximum absolute atomic E-state index is 10.5. The molecule has 1 N–H and O–H groups in total. The van der Waals surface area contributed by atoms with Gasteiger partial charge in [0.25, 0.3) is 0 Å². The second-order valence-electron chi connectivity index (χ2n) is 1.79. The van der Waals surface area contributed by atoms with Crippen LogP contribution in [-0.4, -0.2) is 37.7 Å². The van der Waals surface area contributed by atoms with Crippen LogP contribution in [0.5, 0.6) is 0 Å². The van der Waals surface area contributed by atoms with Gasteiger partial charge in [-0.1, -0.05) is 0 Å². The van der Waals surface area contributed by atoms with Gasteiger partial charge < -0.3 is 19.3 Å². The van der Waals surface area contributed by atoms with E-state index in [2.05, 4.69) is 14.2 Å². The average Bonchev–Trinajstić information content (AvgIpc) is 2.00. The minimum Gasteiger partial charge on any atom is -0.481 e. The molecule has 0 aliphatic carbocycles. The van der Waals surface area contributed by atoms with Gasteiger partial charge in [0, 0.05) is 7.11 Å². The maximum Gasteiger partial charge on any atom is 0.510 e. The van der Waals surface area contributed by atoms with E-state index in [1.54, 1.807) is 0 Å². The van der Waals surface area contributed by atoms with Crippen LogP contribution in [0.15, 0.2) is 0 Å². The van der Waals surface area contributed by atoms with Crippen molar-refractivity contribution in [1.82, 2.24) is 0 Å². The van der Waals surface area contributed by atoms with Gasteiger partial charge in [0.1, 0.15) is 6.61 Å². The Labute approximate surface area is 69.0 Å². The van der Waals surface area contributed by atoms with Crippen molar-refractivity contribution in [2.24, 2.45) is 0 Å². The number of hydrogen-bond donors (Lipinski definition) is 1. The molecule has 0 aromatic rings. The Morgan fingerprint density at radius 1 is 1.33 bits per heavy atom. The van der Waals surface area contributed by atoms with Crippen LogP contribution in [0.3, 0.4) is 0 Å². The maximum atomic E-state index is 10.5. The molecule has 0 heterocycles. The highest BCUT2D eigenvalue weighted by Gasteiger charge is 2.04. The summed E-state index contributed by atoms with van der Waals surface area (Å²) in [7, 11) is 1.35. The molecule has 70 valence electrons. The van der Waals surface area contributed by atoms with E-state index in [0.29, 0.717) is 0 Å². The summed E-state index contributed by atoms with van der Waals surface area (Å²) in [6.07, 6.45) is -1.17. The zero-order valence-corrected chi connectivity index (χ0v) is 6.61. The summed E-state index contributed by atoms with van der Waals surface area (Å²) >= 11 is 0. The zero-order valence-electron chi connectivity index (χ0n) is 6.61. The van der Waals surface area contributed by atoms with Crippen molar-refractivity contribution < 1.29 is 28.9 Å². The van der Waals surface area contributed by atoms with Gasteiger partial charge in [-0.2, -0.15) is 0 Å². The van der Waals surface area contributed by atoms with Gasteiger partial charge in [0.2, 0.25) is 0 Å². The Morgan fingerprint density at radius 2 is 2.00 bits per heavy atom. The third-order valence-electron chi connectivity index (χ3n) is 0.830. The summed E-state index contributed by atoms with van der Waals surface area (Å²) in [5.41, 5.74) is 0. The molecule has 0 bridgehead atoms. The van der Waals surface area contributed by atoms with E-state index in [-0.39, 0.29) is 19.8 Å². The zero-order chi connectivity index (χ0) is 9.40. The molecule has 0 aliphatic heterocycles. The van der Waals surface area contributed by atoms with E-state index in [1.807, 2.05) is 0 Å². The van der Waals surface area contributed by atoms with E-state index in [4.69, 9.17) is 5.11 Å². The molecule has 0 aromatic heterocycles. The van der Waals surface area contributed by atoms with Crippen LogP contribution in [0.25, 0.3) is 0 Å². The fourth-order valence-electron chi connectivity index (χ4n) is 0.370. The first-order valence-electron chi connectivity index (χ1n) is 3.17. The summed E-state index contributed by atoms with van der Waals surface area (Å²) in [6, 6.07) is 0. The minimum atomic E-state index is -1.03. The molecule has 0 amide bonds. The largest absolute Gasteiger partial charge is 0.510 e. The Morgan fingerprint density at radius 3 is 2.50 bits per heavy atom. The number of carboxylic acid groups (broad SMARTS) is 1. The molecular weight excluding hydrogens is 168 g/mol. The minimum absolute atomic E-state index is 0.197. The average molecular weight is 178 g/mol. The van der Waals surface area contributed by atoms with Crippen LogP contribution in [-0.2, 0) is 19.0 Å². The van der Waals surface area contributed by atoms with Gasteiger partial charge in [0.15, 0.2) is 6.79 Å². The molecule has 0 saturated heterocycles. The molecule has 0 aromatic carbocycles. The highest BCUT2D eigenvalue weighted by atomic mass is 16.8. The lowest BCUT2D eigenvalue weighted by Crippen LogP contribution is -2.12. The molecule has 0 fully saturated rings. The van der Waals surface area contributed by atoms with Crippen LogP contribution >= 0.6 is 0 Å². The molecular formula is C6H10O6. The second-order valence-corrected chi connectivity index (χ2v) is 1.79. The number of carbonyl (C=O) groups is 2. The van der Waals surface area contributed by atoms with Gasteiger partial charge >= 0.3 is 12.1 Å². The molecule has 0 unspecified atom stereocenters. The first-order valence-corrected chi connectivity index (χ1v) is 3.17. The molecule has 0 atom stereocenters. The van der Waals surface area contributed by atoms with Gasteiger partial charge in [-0.05, 0) is 0 Å². The van der Waals surface area contributed by atoms with Crippen molar-refractivity contribution in [1.29, 1.82) is 0 Å². The van der Waals surface area contributed by atoms with Crippen molar-refractivity contribution in [2.75, 3.05) is 20.5 Å². The summed E-state index contributed by atoms with van der Waals surface area (Å²) in [6.45, 7) is -0.399. The summed E-state index contributed by atoms with van der Waals surface area (Å²) in [5.74, 6) is -1.03.